The second-order valence-corrected chi connectivity index (χ2v) is 12.6. The summed E-state index contributed by atoms with van der Waals surface area (Å²) in [4.78, 5) is 33.6. The van der Waals surface area contributed by atoms with E-state index in [0.29, 0.717) is 10.7 Å². The van der Waals surface area contributed by atoms with Crippen LogP contribution in [0.2, 0.25) is 0 Å². The topological polar surface area (TPSA) is 52.0 Å². The Morgan fingerprint density at radius 1 is 1.12 bits per heavy atom. The molecule has 0 N–H and O–H groups in total. The fourth-order valence-corrected chi connectivity index (χ4v) is 7.32. The molecular formula is C26H24N2O2S3. The lowest BCUT2D eigenvalue weighted by Crippen LogP contribution is -2.26. The minimum Gasteiger partial charge on any atom is -0.293 e. The molecule has 0 fully saturated rings. The number of nitrogens with zero attached hydrogens (tertiary/aromatic N) is 2. The minimum absolute atomic E-state index is 0.0222. The Morgan fingerprint density at radius 3 is 2.58 bits per heavy atom. The van der Waals surface area contributed by atoms with E-state index in [-0.39, 0.29) is 21.8 Å². The van der Waals surface area contributed by atoms with Crippen LogP contribution >= 0.6 is 34.9 Å². The molecule has 5 rings (SSSR count). The zero-order valence-electron chi connectivity index (χ0n) is 18.8. The second kappa shape index (κ2) is 8.78. The Labute approximate surface area is 205 Å². The Bertz CT molecular complexity index is 1400. The number of carbonyl (C=O) groups excluding carboxylic acids is 1. The molecule has 2 aromatic heterocycles. The van der Waals surface area contributed by atoms with Gasteiger partial charge >= 0.3 is 0 Å². The summed E-state index contributed by atoms with van der Waals surface area (Å²) in [7, 11) is 0. The van der Waals surface area contributed by atoms with Crippen LogP contribution in [0.25, 0.3) is 15.9 Å². The van der Waals surface area contributed by atoms with E-state index in [1.165, 1.54) is 16.6 Å². The van der Waals surface area contributed by atoms with Crippen molar-refractivity contribution in [3.63, 3.8) is 0 Å². The largest absolute Gasteiger partial charge is 0.293 e. The van der Waals surface area contributed by atoms with E-state index in [9.17, 15) is 9.59 Å². The van der Waals surface area contributed by atoms with E-state index in [1.807, 2.05) is 73.3 Å². The van der Waals surface area contributed by atoms with E-state index in [2.05, 4.69) is 13.8 Å². The van der Waals surface area contributed by atoms with Crippen LogP contribution in [0, 0.1) is 6.92 Å². The predicted octanol–water partition coefficient (Wildman–Crippen LogP) is 6.30. The fourth-order valence-electron chi connectivity index (χ4n) is 4.03. The van der Waals surface area contributed by atoms with Gasteiger partial charge in [-0.3, -0.25) is 14.2 Å². The lowest BCUT2D eigenvalue weighted by Gasteiger charge is -2.28. The average molecular weight is 493 g/mol. The van der Waals surface area contributed by atoms with Gasteiger partial charge in [-0.15, -0.1) is 23.1 Å². The van der Waals surface area contributed by atoms with Gasteiger partial charge in [-0.2, -0.15) is 0 Å². The zero-order valence-corrected chi connectivity index (χ0v) is 21.2. The minimum atomic E-state index is -0.0429. The number of thiophene rings is 1. The standard InChI is InChI=1S/C26H24N2O2S3/c1-16-9-11-18(12-10-16)28-24(30)22-19-13-26(2,3)32-15-21(19)33-23(22)27-25(28)31-14-20(29)17-7-5-4-6-8-17/h4-12H,13-15H2,1-3H3. The van der Waals surface area contributed by atoms with Gasteiger partial charge in [-0.1, -0.05) is 73.6 Å². The van der Waals surface area contributed by atoms with Gasteiger partial charge in [0.25, 0.3) is 5.56 Å². The maximum absolute atomic E-state index is 13.9. The predicted molar refractivity (Wildman–Crippen MR) is 141 cm³/mol. The van der Waals surface area contributed by atoms with Gasteiger partial charge in [0.2, 0.25) is 0 Å². The summed E-state index contributed by atoms with van der Waals surface area (Å²) in [5.41, 5.74) is 3.67. The quantitative estimate of drug-likeness (QED) is 0.186. The molecule has 1 aliphatic rings. The first-order chi connectivity index (χ1) is 15.8. The van der Waals surface area contributed by atoms with Gasteiger partial charge in [0.15, 0.2) is 10.9 Å². The SMILES string of the molecule is Cc1ccc(-n2c(SCC(=O)c3ccccc3)nc3sc4c(c3c2=O)CC(C)(C)SC4)cc1. The van der Waals surface area contributed by atoms with E-state index in [4.69, 9.17) is 4.98 Å². The van der Waals surface area contributed by atoms with E-state index < -0.39 is 0 Å². The number of rotatable bonds is 5. The van der Waals surface area contributed by atoms with Crippen molar-refractivity contribution in [2.24, 2.45) is 0 Å². The Morgan fingerprint density at radius 2 is 1.85 bits per heavy atom. The van der Waals surface area contributed by atoms with Crippen LogP contribution in [0.4, 0.5) is 0 Å². The van der Waals surface area contributed by atoms with Crippen molar-refractivity contribution in [2.45, 2.75) is 42.8 Å². The van der Waals surface area contributed by atoms with Crippen LogP contribution in [-0.2, 0) is 12.2 Å². The molecule has 2 aromatic carbocycles. The number of carbonyl (C=O) groups is 1. The van der Waals surface area contributed by atoms with Crippen LogP contribution < -0.4 is 5.56 Å². The molecule has 4 aromatic rings. The van der Waals surface area contributed by atoms with Crippen LogP contribution in [0.1, 0.15) is 40.2 Å². The summed E-state index contributed by atoms with van der Waals surface area (Å²) in [5.74, 6) is 1.15. The van der Waals surface area contributed by atoms with Crippen LogP contribution in [0.5, 0.6) is 0 Å². The summed E-state index contributed by atoms with van der Waals surface area (Å²) in [5, 5.41) is 1.30. The van der Waals surface area contributed by atoms with Gasteiger partial charge in [0, 0.05) is 20.9 Å². The highest BCUT2D eigenvalue weighted by atomic mass is 32.2. The average Bonchev–Trinajstić information content (AvgIpc) is 3.15. The highest BCUT2D eigenvalue weighted by Crippen LogP contribution is 2.44. The first-order valence-electron chi connectivity index (χ1n) is 10.8. The summed E-state index contributed by atoms with van der Waals surface area (Å²) in [6.45, 7) is 6.49. The number of aromatic nitrogens is 2. The molecule has 0 unspecified atom stereocenters. The smallest absolute Gasteiger partial charge is 0.267 e. The molecule has 1 aliphatic heterocycles. The monoisotopic (exact) mass is 492 g/mol. The van der Waals surface area contributed by atoms with Crippen molar-refractivity contribution in [1.82, 2.24) is 9.55 Å². The molecule has 0 amide bonds. The Hall–Kier alpha value is -2.35. The van der Waals surface area contributed by atoms with E-state index in [1.54, 1.807) is 15.9 Å². The van der Waals surface area contributed by atoms with Crippen LogP contribution in [0.15, 0.2) is 64.5 Å². The van der Waals surface area contributed by atoms with Crippen molar-refractivity contribution in [3.05, 3.63) is 86.5 Å². The third-order valence-electron chi connectivity index (χ3n) is 5.79. The summed E-state index contributed by atoms with van der Waals surface area (Å²) in [6.07, 6.45) is 0.858. The molecule has 0 atom stereocenters. The van der Waals surface area contributed by atoms with E-state index in [0.717, 1.165) is 39.2 Å². The third-order valence-corrected chi connectivity index (χ3v) is 9.40. The number of thioether (sulfide) groups is 2. The third kappa shape index (κ3) is 4.42. The maximum Gasteiger partial charge on any atom is 0.267 e. The zero-order chi connectivity index (χ0) is 23.2. The van der Waals surface area contributed by atoms with Gasteiger partial charge in [-0.25, -0.2) is 4.98 Å². The second-order valence-electron chi connectivity index (χ2n) is 8.86. The number of ketones is 1. The molecule has 0 bridgehead atoms. The van der Waals surface area contributed by atoms with Crippen LogP contribution in [-0.4, -0.2) is 25.8 Å². The molecule has 4 nitrogen and oxygen atoms in total. The molecule has 168 valence electrons. The van der Waals surface area contributed by atoms with Gasteiger partial charge in [0.05, 0.1) is 16.8 Å². The van der Waals surface area contributed by atoms with Crippen LogP contribution in [0.3, 0.4) is 0 Å². The first kappa shape index (κ1) is 22.4. The van der Waals surface area contributed by atoms with Crippen molar-refractivity contribution in [1.29, 1.82) is 0 Å². The van der Waals surface area contributed by atoms with Gasteiger partial charge in [0.1, 0.15) is 4.83 Å². The Kier molecular flexibility index (Phi) is 5.97. The lowest BCUT2D eigenvalue weighted by molar-refractivity contribution is 0.102. The fraction of sp³-hybridized carbons (Fsp3) is 0.269. The molecule has 7 heteroatoms. The lowest BCUT2D eigenvalue weighted by atomic mass is 10.00. The van der Waals surface area contributed by atoms with Crippen molar-refractivity contribution in [3.8, 4) is 5.69 Å². The number of hydrogen-bond donors (Lipinski definition) is 0. The highest BCUT2D eigenvalue weighted by molar-refractivity contribution is 8.00. The number of benzene rings is 2. The molecular weight excluding hydrogens is 468 g/mol. The number of Topliss-reactive ketones (excluding diaryl/α,β-unsaturated/α-hetero) is 1. The Balaban J connectivity index is 1.63. The number of aryl methyl sites for hydroxylation is 1. The van der Waals surface area contributed by atoms with E-state index >= 15 is 0 Å². The number of fused-ring (bicyclic) bond motifs is 3. The normalized spacial score (nSPS) is 14.9. The van der Waals surface area contributed by atoms with Gasteiger partial charge < -0.3 is 0 Å². The molecule has 0 aliphatic carbocycles. The summed E-state index contributed by atoms with van der Waals surface area (Å²) in [6, 6.07) is 17.2. The van der Waals surface area contributed by atoms with Crippen molar-refractivity contribution < 1.29 is 4.79 Å². The summed E-state index contributed by atoms with van der Waals surface area (Å²) < 4.78 is 1.78. The van der Waals surface area contributed by atoms with Crippen molar-refractivity contribution in [2.75, 3.05) is 5.75 Å². The molecule has 3 heterocycles. The number of hydrogen-bond acceptors (Lipinski definition) is 6. The molecule has 0 spiro atoms. The first-order valence-corrected chi connectivity index (χ1v) is 13.6. The molecule has 0 saturated carbocycles. The molecule has 33 heavy (non-hydrogen) atoms. The highest BCUT2D eigenvalue weighted by Gasteiger charge is 2.31. The summed E-state index contributed by atoms with van der Waals surface area (Å²) >= 11 is 4.88. The van der Waals surface area contributed by atoms with Gasteiger partial charge in [-0.05, 0) is 31.0 Å². The molecule has 0 radical (unpaired) electrons. The van der Waals surface area contributed by atoms with Crippen molar-refractivity contribution >= 4 is 50.9 Å². The molecule has 0 saturated heterocycles. The maximum atomic E-state index is 13.9.